The molecule has 18 heavy (non-hydrogen) atoms. The average molecular weight is 249 g/mol. The highest BCUT2D eigenvalue weighted by molar-refractivity contribution is 5.97. The molecule has 0 bridgehead atoms. The molecule has 0 radical (unpaired) electrons. The summed E-state index contributed by atoms with van der Waals surface area (Å²) in [5, 5.41) is 8.10. The van der Waals surface area contributed by atoms with Crippen molar-refractivity contribution in [1.29, 1.82) is 0 Å². The number of nitrogens with one attached hydrogen (secondary N) is 3. The molecule has 2 amide bonds. The Morgan fingerprint density at radius 2 is 1.89 bits per heavy atom. The van der Waals surface area contributed by atoms with Crippen molar-refractivity contribution in [3.8, 4) is 0 Å². The predicted molar refractivity (Wildman–Crippen MR) is 70.5 cm³/mol. The van der Waals surface area contributed by atoms with Crippen molar-refractivity contribution in [3.63, 3.8) is 0 Å². The van der Waals surface area contributed by atoms with Gasteiger partial charge in [0, 0.05) is 12.6 Å². The molecule has 1 aromatic rings. The van der Waals surface area contributed by atoms with Crippen LogP contribution in [-0.4, -0.2) is 39.0 Å². The van der Waals surface area contributed by atoms with Gasteiger partial charge in [0.2, 0.25) is 5.91 Å². The van der Waals surface area contributed by atoms with E-state index in [0.29, 0.717) is 5.56 Å². The van der Waals surface area contributed by atoms with Crippen LogP contribution >= 0.6 is 0 Å². The number of hydrogen-bond donors (Lipinski definition) is 3. The number of carbonyl (C=O) groups excluding carboxylic acids is 2. The molecule has 0 aliphatic rings. The summed E-state index contributed by atoms with van der Waals surface area (Å²) in [6.45, 7) is 0.801. The van der Waals surface area contributed by atoms with Gasteiger partial charge in [-0.25, -0.2) is 0 Å². The second-order valence-corrected chi connectivity index (χ2v) is 3.87. The van der Waals surface area contributed by atoms with Gasteiger partial charge in [-0.15, -0.1) is 0 Å². The zero-order valence-corrected chi connectivity index (χ0v) is 10.7. The first-order valence-corrected chi connectivity index (χ1v) is 5.90. The average Bonchev–Trinajstić information content (AvgIpc) is 2.42. The summed E-state index contributed by atoms with van der Waals surface area (Å²) in [7, 11) is 3.41. The van der Waals surface area contributed by atoms with Crippen LogP contribution < -0.4 is 16.0 Å². The number of likely N-dealkylation sites (N-methyl/N-ethyl adjacent to an activating group) is 2. The van der Waals surface area contributed by atoms with Gasteiger partial charge in [-0.3, -0.25) is 9.59 Å². The Hall–Kier alpha value is -1.88. The van der Waals surface area contributed by atoms with Gasteiger partial charge in [0.05, 0.1) is 6.54 Å². The van der Waals surface area contributed by atoms with E-state index in [9.17, 15) is 9.59 Å². The Kier molecular flexibility index (Phi) is 5.87. The van der Waals surface area contributed by atoms with E-state index in [1.54, 1.807) is 6.07 Å². The van der Waals surface area contributed by atoms with Gasteiger partial charge in [-0.1, -0.05) is 18.2 Å². The Morgan fingerprint density at radius 3 is 2.56 bits per heavy atom. The normalized spacial score (nSPS) is 9.89. The Balaban J connectivity index is 2.69. The summed E-state index contributed by atoms with van der Waals surface area (Å²) >= 11 is 0. The molecule has 0 saturated carbocycles. The van der Waals surface area contributed by atoms with Crippen LogP contribution in [0.25, 0.3) is 0 Å². The Morgan fingerprint density at radius 1 is 1.17 bits per heavy atom. The van der Waals surface area contributed by atoms with Crippen LogP contribution in [0.15, 0.2) is 24.3 Å². The fraction of sp³-hybridized carbons (Fsp3) is 0.385. The largest absolute Gasteiger partial charge is 0.358 e. The number of amides is 2. The SMILES string of the molecule is CNCCc1ccccc1C(=O)NCC(=O)NC. The quantitative estimate of drug-likeness (QED) is 0.660. The van der Waals surface area contributed by atoms with Crippen LogP contribution in [0.5, 0.6) is 0 Å². The third kappa shape index (κ3) is 4.18. The van der Waals surface area contributed by atoms with Gasteiger partial charge in [0.1, 0.15) is 0 Å². The third-order valence-electron chi connectivity index (χ3n) is 2.59. The maximum Gasteiger partial charge on any atom is 0.251 e. The highest BCUT2D eigenvalue weighted by atomic mass is 16.2. The van der Waals surface area contributed by atoms with E-state index in [4.69, 9.17) is 0 Å². The molecule has 0 spiro atoms. The van der Waals surface area contributed by atoms with Crippen LogP contribution in [0.4, 0.5) is 0 Å². The minimum atomic E-state index is -0.217. The maximum absolute atomic E-state index is 11.9. The molecule has 0 aromatic heterocycles. The van der Waals surface area contributed by atoms with Crippen molar-refractivity contribution in [2.24, 2.45) is 0 Å². The van der Waals surface area contributed by atoms with Gasteiger partial charge in [-0.05, 0) is 31.6 Å². The molecule has 5 heteroatoms. The second kappa shape index (κ2) is 7.45. The minimum absolute atomic E-state index is 0.00427. The van der Waals surface area contributed by atoms with Crippen molar-refractivity contribution in [2.75, 3.05) is 27.2 Å². The molecule has 98 valence electrons. The zero-order valence-electron chi connectivity index (χ0n) is 10.7. The van der Waals surface area contributed by atoms with Gasteiger partial charge in [-0.2, -0.15) is 0 Å². The molecular formula is C13H19N3O2. The van der Waals surface area contributed by atoms with Gasteiger partial charge in [0.15, 0.2) is 0 Å². The highest BCUT2D eigenvalue weighted by Crippen LogP contribution is 2.09. The van der Waals surface area contributed by atoms with Gasteiger partial charge < -0.3 is 16.0 Å². The van der Waals surface area contributed by atoms with Crippen LogP contribution in [0.1, 0.15) is 15.9 Å². The monoisotopic (exact) mass is 249 g/mol. The third-order valence-corrected chi connectivity index (χ3v) is 2.59. The van der Waals surface area contributed by atoms with E-state index in [0.717, 1.165) is 18.5 Å². The zero-order chi connectivity index (χ0) is 13.4. The first kappa shape index (κ1) is 14.2. The van der Waals surface area contributed by atoms with Gasteiger partial charge in [0.25, 0.3) is 5.91 Å². The lowest BCUT2D eigenvalue weighted by atomic mass is 10.0. The highest BCUT2D eigenvalue weighted by Gasteiger charge is 2.11. The fourth-order valence-corrected chi connectivity index (χ4v) is 1.56. The number of carbonyl (C=O) groups is 2. The van der Waals surface area contributed by atoms with E-state index in [-0.39, 0.29) is 18.4 Å². The first-order chi connectivity index (χ1) is 8.69. The summed E-state index contributed by atoms with van der Waals surface area (Å²) < 4.78 is 0. The van der Waals surface area contributed by atoms with Crippen molar-refractivity contribution < 1.29 is 9.59 Å². The minimum Gasteiger partial charge on any atom is -0.358 e. The van der Waals surface area contributed by atoms with Crippen LogP contribution in [-0.2, 0) is 11.2 Å². The molecule has 5 nitrogen and oxygen atoms in total. The summed E-state index contributed by atoms with van der Waals surface area (Å²) in [6.07, 6.45) is 0.778. The van der Waals surface area contributed by atoms with Crippen molar-refractivity contribution >= 4 is 11.8 Å². The summed E-state index contributed by atoms with van der Waals surface area (Å²) in [5.74, 6) is -0.429. The number of rotatable bonds is 6. The number of hydrogen-bond acceptors (Lipinski definition) is 3. The molecular weight excluding hydrogens is 230 g/mol. The van der Waals surface area contributed by atoms with Crippen molar-refractivity contribution in [3.05, 3.63) is 35.4 Å². The molecule has 0 atom stereocenters. The Labute approximate surface area is 107 Å². The first-order valence-electron chi connectivity index (χ1n) is 5.90. The maximum atomic E-state index is 11.9. The summed E-state index contributed by atoms with van der Waals surface area (Å²) in [6, 6.07) is 7.41. The predicted octanol–water partition coefficient (Wildman–Crippen LogP) is -0.0757. The Bertz CT molecular complexity index is 418. The summed E-state index contributed by atoms with van der Waals surface area (Å²) in [4.78, 5) is 23.0. The molecule has 3 N–H and O–H groups in total. The van der Waals surface area contributed by atoms with E-state index >= 15 is 0 Å². The smallest absolute Gasteiger partial charge is 0.251 e. The molecule has 0 aliphatic carbocycles. The lowest BCUT2D eigenvalue weighted by molar-refractivity contribution is -0.119. The topological polar surface area (TPSA) is 70.2 Å². The molecule has 0 fully saturated rings. The van der Waals surface area contributed by atoms with E-state index in [1.165, 1.54) is 7.05 Å². The lowest BCUT2D eigenvalue weighted by Crippen LogP contribution is -2.35. The fourth-order valence-electron chi connectivity index (χ4n) is 1.56. The molecule has 1 rings (SSSR count). The van der Waals surface area contributed by atoms with E-state index in [1.807, 2.05) is 25.2 Å². The number of benzene rings is 1. The van der Waals surface area contributed by atoms with E-state index < -0.39 is 0 Å². The standard InChI is InChI=1S/C13H19N3O2/c1-14-8-7-10-5-3-4-6-11(10)13(18)16-9-12(17)15-2/h3-6,14H,7-9H2,1-2H3,(H,15,17)(H,16,18). The molecule has 0 saturated heterocycles. The van der Waals surface area contributed by atoms with Crippen LogP contribution in [0, 0.1) is 0 Å². The van der Waals surface area contributed by atoms with E-state index in [2.05, 4.69) is 16.0 Å². The summed E-state index contributed by atoms with van der Waals surface area (Å²) in [5.41, 5.74) is 1.60. The van der Waals surface area contributed by atoms with Crippen molar-refractivity contribution in [2.45, 2.75) is 6.42 Å². The second-order valence-electron chi connectivity index (χ2n) is 3.87. The molecule has 0 heterocycles. The lowest BCUT2D eigenvalue weighted by Gasteiger charge is -2.09. The van der Waals surface area contributed by atoms with Crippen molar-refractivity contribution in [1.82, 2.24) is 16.0 Å². The molecule has 1 aromatic carbocycles. The molecule has 0 aliphatic heterocycles. The molecule has 0 unspecified atom stereocenters. The van der Waals surface area contributed by atoms with Crippen LogP contribution in [0.3, 0.4) is 0 Å². The van der Waals surface area contributed by atoms with Crippen LogP contribution in [0.2, 0.25) is 0 Å². The van der Waals surface area contributed by atoms with Gasteiger partial charge >= 0.3 is 0 Å².